The average Bonchev–Trinajstić information content (AvgIpc) is 2.60. The van der Waals surface area contributed by atoms with Crippen LogP contribution in [-0.4, -0.2) is 27.5 Å². The SMILES string of the molecule is CN(c1nc(N)cn2ccnc12)C1CCC1. The van der Waals surface area contributed by atoms with Crippen LogP contribution in [0.5, 0.6) is 0 Å². The molecule has 0 unspecified atom stereocenters. The first-order valence-electron chi connectivity index (χ1n) is 5.58. The van der Waals surface area contributed by atoms with Gasteiger partial charge in [-0.3, -0.25) is 0 Å². The Bertz CT molecular complexity index is 514. The highest BCUT2D eigenvalue weighted by Gasteiger charge is 2.25. The van der Waals surface area contributed by atoms with Crippen molar-refractivity contribution < 1.29 is 0 Å². The molecule has 5 nitrogen and oxygen atoms in total. The Labute approximate surface area is 93.9 Å². The number of fused-ring (bicyclic) bond motifs is 1. The molecule has 1 saturated carbocycles. The summed E-state index contributed by atoms with van der Waals surface area (Å²) in [7, 11) is 2.07. The van der Waals surface area contributed by atoms with E-state index in [1.807, 2.05) is 10.6 Å². The van der Waals surface area contributed by atoms with Gasteiger partial charge in [-0.2, -0.15) is 0 Å². The first kappa shape index (κ1) is 9.45. The van der Waals surface area contributed by atoms with Crippen LogP contribution in [0.2, 0.25) is 0 Å². The standard InChI is InChI=1S/C11H15N5/c1-15(8-3-2-4-8)11-10-13-5-6-16(10)7-9(12)14-11/h5-8H,2-4,12H2,1H3. The summed E-state index contributed by atoms with van der Waals surface area (Å²) in [6.07, 6.45) is 9.24. The van der Waals surface area contributed by atoms with Gasteiger partial charge in [0.2, 0.25) is 0 Å². The highest BCUT2D eigenvalue weighted by molar-refractivity contribution is 5.66. The molecule has 84 valence electrons. The Morgan fingerprint density at radius 2 is 2.31 bits per heavy atom. The summed E-state index contributed by atoms with van der Waals surface area (Å²) in [6, 6.07) is 0.592. The van der Waals surface area contributed by atoms with Gasteiger partial charge in [0.15, 0.2) is 11.5 Å². The maximum Gasteiger partial charge on any atom is 0.180 e. The fourth-order valence-corrected chi connectivity index (χ4v) is 2.12. The van der Waals surface area contributed by atoms with Crippen molar-refractivity contribution in [3.8, 4) is 0 Å². The van der Waals surface area contributed by atoms with Crippen molar-refractivity contribution in [3.63, 3.8) is 0 Å². The molecule has 0 saturated heterocycles. The smallest absolute Gasteiger partial charge is 0.180 e. The number of imidazole rings is 1. The molecule has 16 heavy (non-hydrogen) atoms. The normalized spacial score (nSPS) is 16.3. The fraction of sp³-hybridized carbons (Fsp3) is 0.455. The van der Waals surface area contributed by atoms with Crippen molar-refractivity contribution in [2.24, 2.45) is 0 Å². The van der Waals surface area contributed by atoms with Gasteiger partial charge in [0.05, 0.1) is 6.20 Å². The zero-order chi connectivity index (χ0) is 11.1. The predicted octanol–water partition coefficient (Wildman–Crippen LogP) is 1.30. The molecule has 0 amide bonds. The molecule has 1 aliphatic carbocycles. The minimum absolute atomic E-state index is 0.534. The van der Waals surface area contributed by atoms with Crippen molar-refractivity contribution >= 4 is 17.3 Å². The number of rotatable bonds is 2. The van der Waals surface area contributed by atoms with Crippen LogP contribution < -0.4 is 10.6 Å². The number of hydrogen-bond donors (Lipinski definition) is 1. The molecular weight excluding hydrogens is 202 g/mol. The summed E-state index contributed by atoms with van der Waals surface area (Å²) in [6.45, 7) is 0. The molecule has 0 aliphatic heterocycles. The zero-order valence-electron chi connectivity index (χ0n) is 9.30. The number of anilines is 2. The molecule has 5 heteroatoms. The largest absolute Gasteiger partial charge is 0.382 e. The topological polar surface area (TPSA) is 59.5 Å². The molecule has 0 atom stereocenters. The molecule has 2 aromatic rings. The number of hydrogen-bond acceptors (Lipinski definition) is 4. The molecule has 0 aromatic carbocycles. The summed E-state index contributed by atoms with van der Waals surface area (Å²) in [5.41, 5.74) is 6.67. The molecule has 1 aliphatic rings. The summed E-state index contributed by atoms with van der Waals surface area (Å²) < 4.78 is 1.92. The Morgan fingerprint density at radius 1 is 1.50 bits per heavy atom. The van der Waals surface area contributed by atoms with Crippen LogP contribution in [-0.2, 0) is 0 Å². The lowest BCUT2D eigenvalue weighted by molar-refractivity contribution is 0.399. The lowest BCUT2D eigenvalue weighted by Gasteiger charge is -2.35. The second-order valence-corrected chi connectivity index (χ2v) is 4.34. The van der Waals surface area contributed by atoms with E-state index in [1.165, 1.54) is 19.3 Å². The second-order valence-electron chi connectivity index (χ2n) is 4.34. The van der Waals surface area contributed by atoms with Gasteiger partial charge in [-0.25, -0.2) is 9.97 Å². The number of aromatic nitrogens is 3. The van der Waals surface area contributed by atoms with E-state index in [0.29, 0.717) is 11.9 Å². The van der Waals surface area contributed by atoms with E-state index in [1.54, 1.807) is 12.4 Å². The monoisotopic (exact) mass is 217 g/mol. The second kappa shape index (κ2) is 3.37. The lowest BCUT2D eigenvalue weighted by atomic mass is 9.92. The van der Waals surface area contributed by atoms with Gasteiger partial charge in [-0.05, 0) is 19.3 Å². The van der Waals surface area contributed by atoms with Crippen molar-refractivity contribution in [2.75, 3.05) is 17.7 Å². The van der Waals surface area contributed by atoms with Crippen LogP contribution >= 0.6 is 0 Å². The van der Waals surface area contributed by atoms with Gasteiger partial charge in [0.1, 0.15) is 5.82 Å². The summed E-state index contributed by atoms with van der Waals surface area (Å²) >= 11 is 0. The van der Waals surface area contributed by atoms with Crippen LogP contribution in [0.15, 0.2) is 18.6 Å². The van der Waals surface area contributed by atoms with E-state index < -0.39 is 0 Å². The van der Waals surface area contributed by atoms with Gasteiger partial charge < -0.3 is 15.0 Å². The quantitative estimate of drug-likeness (QED) is 0.823. The fourth-order valence-electron chi connectivity index (χ4n) is 2.12. The van der Waals surface area contributed by atoms with Crippen LogP contribution in [0.3, 0.4) is 0 Å². The molecule has 3 rings (SSSR count). The van der Waals surface area contributed by atoms with E-state index in [-0.39, 0.29) is 0 Å². The van der Waals surface area contributed by atoms with Crippen molar-refractivity contribution in [1.29, 1.82) is 0 Å². The third kappa shape index (κ3) is 1.31. The number of nitrogens with zero attached hydrogens (tertiary/aromatic N) is 4. The van der Waals surface area contributed by atoms with Crippen LogP contribution in [0, 0.1) is 0 Å². The molecule has 0 bridgehead atoms. The highest BCUT2D eigenvalue weighted by Crippen LogP contribution is 2.29. The van der Waals surface area contributed by atoms with Gasteiger partial charge in [0, 0.05) is 25.5 Å². The zero-order valence-corrected chi connectivity index (χ0v) is 9.30. The maximum absolute atomic E-state index is 5.79. The van der Waals surface area contributed by atoms with Gasteiger partial charge in [0.25, 0.3) is 0 Å². The predicted molar refractivity (Wildman–Crippen MR) is 63.4 cm³/mol. The number of nitrogens with two attached hydrogens (primary N) is 1. The molecule has 2 heterocycles. The summed E-state index contributed by atoms with van der Waals surface area (Å²) in [5.74, 6) is 1.42. The van der Waals surface area contributed by atoms with E-state index in [4.69, 9.17) is 5.73 Å². The lowest BCUT2D eigenvalue weighted by Crippen LogP contribution is -2.38. The van der Waals surface area contributed by atoms with E-state index in [9.17, 15) is 0 Å². The average molecular weight is 217 g/mol. The van der Waals surface area contributed by atoms with E-state index in [2.05, 4.69) is 21.9 Å². The minimum atomic E-state index is 0.534. The summed E-state index contributed by atoms with van der Waals surface area (Å²) in [4.78, 5) is 10.9. The van der Waals surface area contributed by atoms with Crippen LogP contribution in [0.25, 0.3) is 5.65 Å². The van der Waals surface area contributed by atoms with Gasteiger partial charge >= 0.3 is 0 Å². The molecule has 0 spiro atoms. The molecule has 1 fully saturated rings. The molecular formula is C11H15N5. The molecule has 0 radical (unpaired) electrons. The van der Waals surface area contributed by atoms with Crippen molar-refractivity contribution in [3.05, 3.63) is 18.6 Å². The Kier molecular flexibility index (Phi) is 1.99. The Hall–Kier alpha value is -1.78. The molecule has 2 aromatic heterocycles. The third-order valence-corrected chi connectivity index (χ3v) is 3.33. The van der Waals surface area contributed by atoms with E-state index in [0.717, 1.165) is 11.5 Å². The highest BCUT2D eigenvalue weighted by atomic mass is 15.2. The van der Waals surface area contributed by atoms with Crippen molar-refractivity contribution in [2.45, 2.75) is 25.3 Å². The number of nitrogen functional groups attached to an aromatic ring is 1. The van der Waals surface area contributed by atoms with Crippen LogP contribution in [0.4, 0.5) is 11.6 Å². The first-order chi connectivity index (χ1) is 7.75. The Morgan fingerprint density at radius 3 is 3.00 bits per heavy atom. The summed E-state index contributed by atoms with van der Waals surface area (Å²) in [5, 5.41) is 0. The van der Waals surface area contributed by atoms with E-state index >= 15 is 0 Å². The first-order valence-corrected chi connectivity index (χ1v) is 5.58. The Balaban J connectivity index is 2.09. The minimum Gasteiger partial charge on any atom is -0.382 e. The van der Waals surface area contributed by atoms with Gasteiger partial charge in [-0.15, -0.1) is 0 Å². The maximum atomic E-state index is 5.79. The van der Waals surface area contributed by atoms with Crippen LogP contribution in [0.1, 0.15) is 19.3 Å². The molecule has 2 N–H and O–H groups in total. The van der Waals surface area contributed by atoms with Crippen molar-refractivity contribution in [1.82, 2.24) is 14.4 Å². The van der Waals surface area contributed by atoms with Gasteiger partial charge in [-0.1, -0.05) is 0 Å². The third-order valence-electron chi connectivity index (χ3n) is 3.33.